The Balaban J connectivity index is 1.93. The van der Waals surface area contributed by atoms with Crippen LogP contribution in [0.25, 0.3) is 0 Å². The lowest BCUT2D eigenvalue weighted by Crippen LogP contribution is -2.29. The van der Waals surface area contributed by atoms with Gasteiger partial charge in [-0.3, -0.25) is 0 Å². The van der Waals surface area contributed by atoms with Crippen LogP contribution in [0.1, 0.15) is 92.9 Å². The van der Waals surface area contributed by atoms with Crippen LogP contribution in [-0.4, -0.2) is 0 Å². The van der Waals surface area contributed by atoms with Crippen LogP contribution in [0, 0.1) is 40.9 Å². The molecule has 124 valence electrons. The molecule has 0 aromatic carbocycles. The van der Waals surface area contributed by atoms with E-state index >= 15 is 0 Å². The third-order valence-corrected chi connectivity index (χ3v) is 7.62. The molecule has 0 amide bonds. The summed E-state index contributed by atoms with van der Waals surface area (Å²) in [5.74, 6) is 5.98. The maximum Gasteiger partial charge on any atom is -0.0297 e. The van der Waals surface area contributed by atoms with Crippen LogP contribution in [0.5, 0.6) is 0 Å². The van der Waals surface area contributed by atoms with Crippen molar-refractivity contribution in [1.82, 2.24) is 0 Å². The molecule has 0 saturated heterocycles. The molecule has 2 aliphatic rings. The Morgan fingerprint density at radius 2 is 1.76 bits per heavy atom. The van der Waals surface area contributed by atoms with Gasteiger partial charge in [-0.15, -0.1) is 0 Å². The van der Waals surface area contributed by atoms with Crippen LogP contribution in [0.15, 0.2) is 0 Å². The van der Waals surface area contributed by atoms with E-state index in [0.29, 0.717) is 5.41 Å². The van der Waals surface area contributed by atoms with Crippen molar-refractivity contribution in [1.29, 1.82) is 0 Å². The topological polar surface area (TPSA) is 0 Å². The zero-order valence-corrected chi connectivity index (χ0v) is 15.6. The van der Waals surface area contributed by atoms with E-state index in [1.165, 1.54) is 51.4 Å². The Morgan fingerprint density at radius 3 is 2.24 bits per heavy atom. The van der Waals surface area contributed by atoms with Crippen LogP contribution < -0.4 is 0 Å². The highest BCUT2D eigenvalue weighted by molar-refractivity contribution is 4.93. The Labute approximate surface area is 134 Å². The van der Waals surface area contributed by atoms with E-state index < -0.39 is 0 Å². The summed E-state index contributed by atoms with van der Waals surface area (Å²) in [6.07, 6.45) is 11.7. The van der Waals surface area contributed by atoms with E-state index in [9.17, 15) is 0 Å². The fraction of sp³-hybridized carbons (Fsp3) is 1.00. The highest BCUT2D eigenvalue weighted by Gasteiger charge is 2.43. The van der Waals surface area contributed by atoms with Crippen LogP contribution >= 0.6 is 0 Å². The monoisotopic (exact) mass is 292 g/mol. The van der Waals surface area contributed by atoms with Gasteiger partial charge in [0.25, 0.3) is 0 Å². The molecule has 21 heavy (non-hydrogen) atoms. The summed E-state index contributed by atoms with van der Waals surface area (Å²) < 4.78 is 0. The van der Waals surface area contributed by atoms with E-state index in [2.05, 4.69) is 41.5 Å². The van der Waals surface area contributed by atoms with Crippen molar-refractivity contribution in [3.8, 4) is 0 Å². The van der Waals surface area contributed by atoms with Crippen LogP contribution in [-0.2, 0) is 0 Å². The second kappa shape index (κ2) is 7.05. The first kappa shape index (κ1) is 17.4. The Bertz CT molecular complexity index is 320. The predicted molar refractivity (Wildman–Crippen MR) is 94.4 cm³/mol. The summed E-state index contributed by atoms with van der Waals surface area (Å²) in [6, 6.07) is 0. The lowest BCUT2D eigenvalue weighted by atomic mass is 9.67. The van der Waals surface area contributed by atoms with Crippen molar-refractivity contribution in [2.24, 2.45) is 40.9 Å². The molecule has 0 heteroatoms. The summed E-state index contributed by atoms with van der Waals surface area (Å²) in [7, 11) is 0. The van der Waals surface area contributed by atoms with Gasteiger partial charge >= 0.3 is 0 Å². The minimum Gasteiger partial charge on any atom is -0.0654 e. The van der Waals surface area contributed by atoms with Crippen molar-refractivity contribution >= 4 is 0 Å². The number of rotatable bonds is 8. The first-order valence-corrected chi connectivity index (χ1v) is 9.91. The lowest BCUT2D eigenvalue weighted by Gasteiger charge is -2.38. The van der Waals surface area contributed by atoms with Crippen LogP contribution in [0.3, 0.4) is 0 Å². The Hall–Kier alpha value is 0. The van der Waals surface area contributed by atoms with Crippen LogP contribution in [0.2, 0.25) is 0 Å². The molecule has 7 unspecified atom stereocenters. The molecule has 2 rings (SSSR count). The maximum absolute atomic E-state index is 2.62. The second-order valence-electron chi connectivity index (χ2n) is 9.08. The zero-order chi connectivity index (χ0) is 15.6. The van der Waals surface area contributed by atoms with Gasteiger partial charge in [-0.1, -0.05) is 60.8 Å². The molecule has 0 aromatic rings. The molecule has 2 saturated carbocycles. The van der Waals surface area contributed by atoms with E-state index in [0.717, 1.165) is 35.5 Å². The zero-order valence-electron chi connectivity index (χ0n) is 15.6. The largest absolute Gasteiger partial charge is 0.0654 e. The third-order valence-electron chi connectivity index (χ3n) is 7.62. The van der Waals surface area contributed by atoms with Gasteiger partial charge in [0.1, 0.15) is 0 Å². The van der Waals surface area contributed by atoms with Gasteiger partial charge in [-0.2, -0.15) is 0 Å². The van der Waals surface area contributed by atoms with Gasteiger partial charge in [0.05, 0.1) is 0 Å². The molecule has 0 bridgehead atoms. The summed E-state index contributed by atoms with van der Waals surface area (Å²) in [4.78, 5) is 0. The van der Waals surface area contributed by atoms with Gasteiger partial charge < -0.3 is 0 Å². The first-order chi connectivity index (χ1) is 9.91. The minimum absolute atomic E-state index is 0.606. The fourth-order valence-electron chi connectivity index (χ4n) is 5.32. The summed E-state index contributed by atoms with van der Waals surface area (Å²) in [5.41, 5.74) is 0.606. The highest BCUT2D eigenvalue weighted by Crippen LogP contribution is 2.53. The Morgan fingerprint density at radius 1 is 1.05 bits per heavy atom. The molecule has 2 fully saturated rings. The molecule has 0 radical (unpaired) electrons. The normalized spacial score (nSPS) is 40.0. The van der Waals surface area contributed by atoms with Gasteiger partial charge in [0, 0.05) is 0 Å². The standard InChI is InChI=1S/C21H40/c1-7-11-21(6,14-20-13-18(20)8-2)16(4)12-19-10-9-15(3)17(19)5/h15-20H,7-14H2,1-6H3. The summed E-state index contributed by atoms with van der Waals surface area (Å²) in [5, 5.41) is 0. The lowest BCUT2D eigenvalue weighted by molar-refractivity contribution is 0.118. The van der Waals surface area contributed by atoms with Crippen molar-refractivity contribution in [3.63, 3.8) is 0 Å². The van der Waals surface area contributed by atoms with Crippen molar-refractivity contribution < 1.29 is 0 Å². The predicted octanol–water partition coefficient (Wildman–Crippen LogP) is 6.94. The molecule has 0 heterocycles. The molecule has 7 atom stereocenters. The smallest absolute Gasteiger partial charge is 0.0297 e. The van der Waals surface area contributed by atoms with E-state index in [4.69, 9.17) is 0 Å². The number of hydrogen-bond acceptors (Lipinski definition) is 0. The average Bonchev–Trinajstić information content (AvgIpc) is 3.12. The molecule has 0 spiro atoms. The maximum atomic E-state index is 2.62. The molecule has 0 nitrogen and oxygen atoms in total. The molecule has 0 aliphatic heterocycles. The summed E-state index contributed by atoms with van der Waals surface area (Å²) in [6.45, 7) is 14.9. The molecule has 0 aromatic heterocycles. The van der Waals surface area contributed by atoms with Crippen molar-refractivity contribution in [2.45, 2.75) is 92.9 Å². The quantitative estimate of drug-likeness (QED) is 0.454. The molecule has 0 N–H and O–H groups in total. The molecular weight excluding hydrogens is 252 g/mol. The third kappa shape index (κ3) is 4.05. The van der Waals surface area contributed by atoms with E-state index in [1.807, 2.05) is 0 Å². The van der Waals surface area contributed by atoms with Gasteiger partial charge in [-0.25, -0.2) is 0 Å². The molecular formula is C21H40. The van der Waals surface area contributed by atoms with Gasteiger partial charge in [0.2, 0.25) is 0 Å². The highest BCUT2D eigenvalue weighted by atomic mass is 14.5. The van der Waals surface area contributed by atoms with Crippen LogP contribution in [0.4, 0.5) is 0 Å². The van der Waals surface area contributed by atoms with Gasteiger partial charge in [-0.05, 0) is 73.0 Å². The second-order valence-corrected chi connectivity index (χ2v) is 9.08. The fourth-order valence-corrected chi connectivity index (χ4v) is 5.32. The molecule has 2 aliphatic carbocycles. The van der Waals surface area contributed by atoms with Crippen molar-refractivity contribution in [2.75, 3.05) is 0 Å². The number of hydrogen-bond donors (Lipinski definition) is 0. The minimum atomic E-state index is 0.606. The van der Waals surface area contributed by atoms with E-state index in [1.54, 1.807) is 0 Å². The summed E-state index contributed by atoms with van der Waals surface area (Å²) >= 11 is 0. The Kier molecular flexibility index (Phi) is 5.83. The van der Waals surface area contributed by atoms with E-state index in [-0.39, 0.29) is 0 Å². The first-order valence-electron chi connectivity index (χ1n) is 9.91. The van der Waals surface area contributed by atoms with Crippen molar-refractivity contribution in [3.05, 3.63) is 0 Å². The average molecular weight is 293 g/mol. The SMILES string of the molecule is CCCC(C)(CC1CC1CC)C(C)CC1CCC(C)C1C. The van der Waals surface area contributed by atoms with Gasteiger partial charge in [0.15, 0.2) is 0 Å².